The number of esters is 1. The van der Waals surface area contributed by atoms with Crippen LogP contribution < -0.4 is 0 Å². The van der Waals surface area contributed by atoms with Gasteiger partial charge in [-0.05, 0) is 49.0 Å². The van der Waals surface area contributed by atoms with Gasteiger partial charge in [0, 0.05) is 11.6 Å². The molecule has 0 aliphatic carbocycles. The van der Waals surface area contributed by atoms with E-state index < -0.39 is 29.6 Å². The van der Waals surface area contributed by atoms with Crippen LogP contribution >= 0.6 is 23.4 Å². The molecule has 10 heteroatoms. The number of halogens is 1. The Hall–Kier alpha value is -3.04. The highest BCUT2D eigenvalue weighted by Crippen LogP contribution is 2.33. The number of rotatable bonds is 6. The van der Waals surface area contributed by atoms with E-state index in [9.17, 15) is 24.3 Å². The minimum atomic E-state index is -1.17. The molecule has 2 aromatic rings. The fourth-order valence-corrected chi connectivity index (χ4v) is 3.55. The predicted octanol–water partition coefficient (Wildman–Crippen LogP) is 3.90. The van der Waals surface area contributed by atoms with Crippen LogP contribution in [0.25, 0.3) is 17.4 Å². The third kappa shape index (κ3) is 4.52. The largest absolute Gasteiger partial charge is 0.478 e. The van der Waals surface area contributed by atoms with Gasteiger partial charge in [0.1, 0.15) is 18.1 Å². The molecule has 0 bridgehead atoms. The van der Waals surface area contributed by atoms with Crippen LogP contribution in [0.1, 0.15) is 23.0 Å². The number of ether oxygens (including phenoxy) is 1. The highest BCUT2D eigenvalue weighted by atomic mass is 35.5. The highest BCUT2D eigenvalue weighted by molar-refractivity contribution is 8.18. The topological polar surface area (TPSA) is 114 Å². The number of thioether (sulfide) groups is 1. The summed E-state index contributed by atoms with van der Waals surface area (Å²) in [5.41, 5.74) is 0.420. The summed E-state index contributed by atoms with van der Waals surface area (Å²) in [6.07, 6.45) is 1.38. The minimum Gasteiger partial charge on any atom is -0.478 e. The molecule has 1 aromatic heterocycles. The quantitative estimate of drug-likeness (QED) is 0.536. The smallest absolute Gasteiger partial charge is 0.337 e. The average Bonchev–Trinajstić information content (AvgIpc) is 3.23. The van der Waals surface area contributed by atoms with Gasteiger partial charge in [-0.3, -0.25) is 19.3 Å². The van der Waals surface area contributed by atoms with Crippen molar-refractivity contribution in [3.8, 4) is 11.3 Å². The fourth-order valence-electron chi connectivity index (χ4n) is 2.53. The van der Waals surface area contributed by atoms with E-state index >= 15 is 0 Å². The first-order chi connectivity index (χ1) is 13.8. The average molecular weight is 436 g/mol. The van der Waals surface area contributed by atoms with E-state index in [1.165, 1.54) is 18.2 Å². The Labute approximate surface area is 174 Å². The second-order valence-corrected chi connectivity index (χ2v) is 7.18. The second kappa shape index (κ2) is 8.54. The lowest BCUT2D eigenvalue weighted by Gasteiger charge is -2.10. The molecule has 1 aliphatic heterocycles. The van der Waals surface area contributed by atoms with Crippen molar-refractivity contribution in [2.75, 3.05) is 13.2 Å². The molecule has 0 atom stereocenters. The molecular formula is C19H14ClNO7S. The molecule has 2 heterocycles. The van der Waals surface area contributed by atoms with Crippen molar-refractivity contribution in [1.29, 1.82) is 0 Å². The Kier molecular flexibility index (Phi) is 6.09. The number of hydrogen-bond acceptors (Lipinski definition) is 7. The van der Waals surface area contributed by atoms with Crippen LogP contribution in [0, 0.1) is 0 Å². The summed E-state index contributed by atoms with van der Waals surface area (Å²) in [5.74, 6) is -1.81. The van der Waals surface area contributed by atoms with Crippen LogP contribution in [0.3, 0.4) is 0 Å². The first kappa shape index (κ1) is 20.7. The van der Waals surface area contributed by atoms with Gasteiger partial charge in [0.2, 0.25) is 0 Å². The Bertz CT molecular complexity index is 1040. The van der Waals surface area contributed by atoms with E-state index in [-0.39, 0.29) is 27.9 Å². The predicted molar refractivity (Wildman–Crippen MR) is 105 cm³/mol. The van der Waals surface area contributed by atoms with Gasteiger partial charge >= 0.3 is 11.9 Å². The molecule has 1 N–H and O–H groups in total. The number of hydrogen-bond donors (Lipinski definition) is 1. The van der Waals surface area contributed by atoms with E-state index in [0.717, 1.165) is 4.90 Å². The summed E-state index contributed by atoms with van der Waals surface area (Å²) >= 11 is 6.55. The summed E-state index contributed by atoms with van der Waals surface area (Å²) in [6, 6.07) is 7.60. The molecule has 2 amide bonds. The zero-order valence-electron chi connectivity index (χ0n) is 15.0. The number of imide groups is 1. The summed E-state index contributed by atoms with van der Waals surface area (Å²) in [4.78, 5) is 48.1. The molecule has 3 rings (SSSR count). The molecule has 0 saturated carbocycles. The van der Waals surface area contributed by atoms with Crippen LogP contribution in [0.4, 0.5) is 4.79 Å². The number of aromatic carboxylic acids is 1. The molecule has 1 aromatic carbocycles. The zero-order valence-corrected chi connectivity index (χ0v) is 16.6. The van der Waals surface area contributed by atoms with Crippen LogP contribution in [0.5, 0.6) is 0 Å². The van der Waals surface area contributed by atoms with Crippen molar-refractivity contribution in [2.45, 2.75) is 6.92 Å². The number of carboxylic acid groups (broad SMARTS) is 1. The van der Waals surface area contributed by atoms with Crippen LogP contribution in [-0.4, -0.2) is 46.2 Å². The lowest BCUT2D eigenvalue weighted by molar-refractivity contribution is -0.145. The lowest BCUT2D eigenvalue weighted by Crippen LogP contribution is -2.34. The number of carbonyl (C=O) groups excluding carboxylic acids is 3. The molecule has 8 nitrogen and oxygen atoms in total. The Balaban J connectivity index is 1.81. The van der Waals surface area contributed by atoms with Crippen molar-refractivity contribution in [3.63, 3.8) is 0 Å². The van der Waals surface area contributed by atoms with E-state index in [1.54, 1.807) is 25.1 Å². The van der Waals surface area contributed by atoms with E-state index in [1.807, 2.05) is 0 Å². The van der Waals surface area contributed by atoms with Gasteiger partial charge in [0.15, 0.2) is 0 Å². The first-order valence-electron chi connectivity index (χ1n) is 8.34. The third-order valence-electron chi connectivity index (χ3n) is 3.85. The van der Waals surface area contributed by atoms with Crippen LogP contribution in [0.2, 0.25) is 5.02 Å². The van der Waals surface area contributed by atoms with Gasteiger partial charge < -0.3 is 14.3 Å². The lowest BCUT2D eigenvalue weighted by atomic mass is 10.1. The SMILES string of the molecule is CCOC(=O)CN1C(=O)SC(=Cc2ccc(-c3ccc(Cl)c(C(=O)O)c3)o2)C1=O. The number of nitrogens with zero attached hydrogens (tertiary/aromatic N) is 1. The normalized spacial score (nSPS) is 15.2. The molecule has 1 saturated heterocycles. The molecule has 0 radical (unpaired) electrons. The second-order valence-electron chi connectivity index (χ2n) is 5.77. The molecule has 29 heavy (non-hydrogen) atoms. The highest BCUT2D eigenvalue weighted by Gasteiger charge is 2.36. The van der Waals surface area contributed by atoms with Crippen molar-refractivity contribution in [3.05, 3.63) is 51.6 Å². The minimum absolute atomic E-state index is 0.0674. The van der Waals surface area contributed by atoms with Gasteiger partial charge in [-0.1, -0.05) is 11.6 Å². The van der Waals surface area contributed by atoms with Crippen LogP contribution in [0.15, 0.2) is 39.7 Å². The van der Waals surface area contributed by atoms with Gasteiger partial charge in [-0.25, -0.2) is 4.79 Å². The molecule has 150 valence electrons. The Morgan fingerprint density at radius 1 is 1.28 bits per heavy atom. The molecule has 0 unspecified atom stereocenters. The van der Waals surface area contributed by atoms with E-state index in [2.05, 4.69) is 0 Å². The summed E-state index contributed by atoms with van der Waals surface area (Å²) in [6.45, 7) is 1.32. The van der Waals surface area contributed by atoms with E-state index in [4.69, 9.17) is 20.8 Å². The number of furan rings is 1. The van der Waals surface area contributed by atoms with Gasteiger partial charge in [0.05, 0.1) is 22.1 Å². The van der Waals surface area contributed by atoms with Gasteiger partial charge in [-0.15, -0.1) is 0 Å². The van der Waals surface area contributed by atoms with Crippen LogP contribution in [-0.2, 0) is 14.3 Å². The maximum absolute atomic E-state index is 12.4. The number of benzene rings is 1. The third-order valence-corrected chi connectivity index (χ3v) is 5.08. The first-order valence-corrected chi connectivity index (χ1v) is 9.53. The number of carbonyl (C=O) groups is 4. The summed E-state index contributed by atoms with van der Waals surface area (Å²) in [7, 11) is 0. The zero-order chi connectivity index (χ0) is 21.1. The van der Waals surface area contributed by atoms with E-state index in [0.29, 0.717) is 23.1 Å². The molecule has 1 aliphatic rings. The van der Waals surface area contributed by atoms with Gasteiger partial charge in [-0.2, -0.15) is 0 Å². The summed E-state index contributed by atoms with van der Waals surface area (Å²) in [5, 5.41) is 8.69. The Morgan fingerprint density at radius 2 is 2.03 bits per heavy atom. The number of carboxylic acids is 1. The molecule has 1 fully saturated rings. The Morgan fingerprint density at radius 3 is 2.72 bits per heavy atom. The summed E-state index contributed by atoms with van der Waals surface area (Å²) < 4.78 is 10.4. The van der Waals surface area contributed by atoms with Gasteiger partial charge in [0.25, 0.3) is 11.1 Å². The maximum atomic E-state index is 12.4. The van der Waals surface area contributed by atoms with Crippen molar-refractivity contribution < 1.29 is 33.4 Å². The van der Waals surface area contributed by atoms with Crippen molar-refractivity contribution in [2.24, 2.45) is 0 Å². The maximum Gasteiger partial charge on any atom is 0.337 e. The number of amides is 2. The monoisotopic (exact) mass is 435 g/mol. The molecule has 0 spiro atoms. The van der Waals surface area contributed by atoms with Crippen molar-refractivity contribution >= 4 is 52.5 Å². The van der Waals surface area contributed by atoms with Crippen molar-refractivity contribution in [1.82, 2.24) is 4.90 Å². The molecular weight excluding hydrogens is 422 g/mol. The standard InChI is InChI=1S/C19H14ClNO7S/c1-2-27-16(22)9-21-17(23)15(29-19(21)26)8-11-4-6-14(28-11)10-3-5-13(20)12(7-10)18(24)25/h3-8H,2,9H2,1H3,(H,24,25). The fraction of sp³-hybridized carbons (Fsp3) is 0.158.